The number of methoxy groups -OCH3 is 1. The number of halogens is 1. The third kappa shape index (κ3) is 5.48. The van der Waals surface area contributed by atoms with Gasteiger partial charge in [-0.2, -0.15) is 0 Å². The summed E-state index contributed by atoms with van der Waals surface area (Å²) in [6.45, 7) is 2.66. The number of anilines is 1. The van der Waals surface area contributed by atoms with Gasteiger partial charge in [-0.25, -0.2) is 0 Å². The van der Waals surface area contributed by atoms with Crippen LogP contribution in [0.5, 0.6) is 0 Å². The fraction of sp³-hybridized carbons (Fsp3) is 0.500. The van der Waals surface area contributed by atoms with Crippen molar-refractivity contribution in [2.24, 2.45) is 0 Å². The quantitative estimate of drug-likeness (QED) is 0.700. The molecule has 1 amide bonds. The van der Waals surface area contributed by atoms with E-state index in [1.54, 1.807) is 14.2 Å². The van der Waals surface area contributed by atoms with Crippen LogP contribution in [-0.2, 0) is 16.1 Å². The maximum Gasteiger partial charge on any atom is 0.239 e. The summed E-state index contributed by atoms with van der Waals surface area (Å²) in [6, 6.07) is 6.14. The third-order valence-electron chi connectivity index (χ3n) is 2.90. The highest BCUT2D eigenvalue weighted by atomic mass is 79.9. The maximum atomic E-state index is 11.4. The number of nitrogens with one attached hydrogen (secondary N) is 2. The first-order chi connectivity index (χ1) is 9.58. The molecule has 20 heavy (non-hydrogen) atoms. The summed E-state index contributed by atoms with van der Waals surface area (Å²) >= 11 is 3.56. The van der Waals surface area contributed by atoms with Gasteiger partial charge in [0.05, 0.1) is 18.8 Å². The van der Waals surface area contributed by atoms with Crippen LogP contribution in [0.1, 0.15) is 5.56 Å². The van der Waals surface area contributed by atoms with Gasteiger partial charge in [-0.15, -0.1) is 0 Å². The van der Waals surface area contributed by atoms with Crippen molar-refractivity contribution in [1.29, 1.82) is 0 Å². The number of hydrogen-bond donors (Lipinski definition) is 2. The second kappa shape index (κ2) is 8.94. The Morgan fingerprint density at radius 2 is 2.20 bits per heavy atom. The molecule has 0 aliphatic rings. The predicted molar refractivity (Wildman–Crippen MR) is 85.1 cm³/mol. The summed E-state index contributed by atoms with van der Waals surface area (Å²) in [5.74, 6) is -0.00953. The molecule has 2 N–H and O–H groups in total. The van der Waals surface area contributed by atoms with E-state index in [1.807, 2.05) is 18.0 Å². The molecule has 0 saturated heterocycles. The van der Waals surface area contributed by atoms with Gasteiger partial charge in [-0.3, -0.25) is 4.79 Å². The van der Waals surface area contributed by atoms with E-state index in [4.69, 9.17) is 4.74 Å². The predicted octanol–water partition coefficient (Wildman–Crippen LogP) is 1.37. The Balaban J connectivity index is 2.60. The van der Waals surface area contributed by atoms with E-state index in [-0.39, 0.29) is 5.91 Å². The van der Waals surface area contributed by atoms with Crippen LogP contribution in [-0.4, -0.2) is 46.8 Å². The Bertz CT molecular complexity index is 440. The van der Waals surface area contributed by atoms with Crippen molar-refractivity contribution in [3.8, 4) is 0 Å². The minimum atomic E-state index is -0.00953. The molecule has 0 aromatic heterocycles. The zero-order valence-electron chi connectivity index (χ0n) is 12.2. The van der Waals surface area contributed by atoms with Crippen LogP contribution in [0.15, 0.2) is 22.7 Å². The average molecular weight is 344 g/mol. The van der Waals surface area contributed by atoms with E-state index in [2.05, 4.69) is 38.7 Å². The molecule has 0 radical (unpaired) electrons. The third-order valence-corrected chi connectivity index (χ3v) is 3.53. The first kappa shape index (κ1) is 16.9. The highest BCUT2D eigenvalue weighted by Crippen LogP contribution is 2.26. The van der Waals surface area contributed by atoms with Crippen molar-refractivity contribution < 1.29 is 9.53 Å². The first-order valence-electron chi connectivity index (χ1n) is 6.48. The van der Waals surface area contributed by atoms with Gasteiger partial charge in [-0.1, -0.05) is 6.07 Å². The monoisotopic (exact) mass is 343 g/mol. The molecule has 5 nitrogen and oxygen atoms in total. The van der Waals surface area contributed by atoms with E-state index in [1.165, 1.54) is 5.56 Å². The smallest absolute Gasteiger partial charge is 0.239 e. The lowest BCUT2D eigenvalue weighted by molar-refractivity contribution is -0.119. The number of hydrogen-bond acceptors (Lipinski definition) is 4. The topological polar surface area (TPSA) is 53.6 Å². The van der Waals surface area contributed by atoms with Gasteiger partial charge in [0.25, 0.3) is 0 Å². The summed E-state index contributed by atoms with van der Waals surface area (Å²) in [7, 11) is 5.22. The number of carbonyl (C=O) groups is 1. The SMILES string of the molecule is CNC(=O)CN(C)c1ccc(CNCCOC)cc1Br. The van der Waals surface area contributed by atoms with E-state index >= 15 is 0 Å². The molecule has 0 aliphatic heterocycles. The molecule has 1 aromatic carbocycles. The minimum Gasteiger partial charge on any atom is -0.383 e. The lowest BCUT2D eigenvalue weighted by Crippen LogP contribution is -2.33. The summed E-state index contributed by atoms with van der Waals surface area (Å²) in [5, 5.41) is 5.91. The zero-order chi connectivity index (χ0) is 15.0. The Hall–Kier alpha value is -1.11. The molecule has 0 aliphatic carbocycles. The lowest BCUT2D eigenvalue weighted by atomic mass is 10.2. The fourth-order valence-electron chi connectivity index (χ4n) is 1.76. The Morgan fingerprint density at radius 3 is 2.80 bits per heavy atom. The average Bonchev–Trinajstić information content (AvgIpc) is 2.43. The van der Waals surface area contributed by atoms with Crippen molar-refractivity contribution in [1.82, 2.24) is 10.6 Å². The molecule has 1 rings (SSSR count). The van der Waals surface area contributed by atoms with Gasteiger partial charge in [0, 0.05) is 38.8 Å². The summed E-state index contributed by atoms with van der Waals surface area (Å²) in [5.41, 5.74) is 2.18. The van der Waals surface area contributed by atoms with Crippen LogP contribution in [0.2, 0.25) is 0 Å². The number of nitrogens with zero attached hydrogens (tertiary/aromatic N) is 1. The number of amides is 1. The lowest BCUT2D eigenvalue weighted by Gasteiger charge is -2.20. The summed E-state index contributed by atoms with van der Waals surface area (Å²) in [6.07, 6.45) is 0. The van der Waals surface area contributed by atoms with Gasteiger partial charge in [0.15, 0.2) is 0 Å². The highest BCUT2D eigenvalue weighted by molar-refractivity contribution is 9.10. The molecule has 0 atom stereocenters. The van der Waals surface area contributed by atoms with Crippen LogP contribution < -0.4 is 15.5 Å². The molecular formula is C14H22BrN3O2. The second-order valence-corrected chi connectivity index (χ2v) is 5.34. The molecule has 1 aromatic rings. The van der Waals surface area contributed by atoms with Crippen LogP contribution >= 0.6 is 15.9 Å². The van der Waals surface area contributed by atoms with E-state index in [0.29, 0.717) is 13.2 Å². The van der Waals surface area contributed by atoms with Crippen molar-refractivity contribution in [2.75, 3.05) is 45.8 Å². The summed E-state index contributed by atoms with van der Waals surface area (Å²) in [4.78, 5) is 13.3. The molecule has 0 bridgehead atoms. The van der Waals surface area contributed by atoms with Gasteiger partial charge in [0.2, 0.25) is 5.91 Å². The maximum absolute atomic E-state index is 11.4. The number of carbonyl (C=O) groups excluding carboxylic acids is 1. The molecule has 0 unspecified atom stereocenters. The second-order valence-electron chi connectivity index (χ2n) is 4.48. The standard InChI is InChI=1S/C14H22BrN3O2/c1-16-14(19)10-18(2)13-5-4-11(8-12(13)15)9-17-6-7-20-3/h4-5,8,17H,6-7,9-10H2,1-3H3,(H,16,19). The van der Waals surface area contributed by atoms with Crippen LogP contribution in [0, 0.1) is 0 Å². The van der Waals surface area contributed by atoms with Crippen LogP contribution in [0.3, 0.4) is 0 Å². The Labute approximate surface area is 128 Å². The molecule has 0 spiro atoms. The fourth-order valence-corrected chi connectivity index (χ4v) is 2.49. The van der Waals surface area contributed by atoms with E-state index in [9.17, 15) is 4.79 Å². The van der Waals surface area contributed by atoms with Crippen molar-refractivity contribution in [3.63, 3.8) is 0 Å². The molecule has 112 valence electrons. The van der Waals surface area contributed by atoms with E-state index in [0.717, 1.165) is 23.2 Å². The highest BCUT2D eigenvalue weighted by Gasteiger charge is 2.09. The van der Waals surface area contributed by atoms with E-state index < -0.39 is 0 Å². The van der Waals surface area contributed by atoms with Gasteiger partial charge in [-0.05, 0) is 33.6 Å². The molecule has 0 fully saturated rings. The van der Waals surface area contributed by atoms with Crippen molar-refractivity contribution in [2.45, 2.75) is 6.54 Å². The van der Waals surface area contributed by atoms with Crippen LogP contribution in [0.25, 0.3) is 0 Å². The largest absolute Gasteiger partial charge is 0.383 e. The number of rotatable bonds is 8. The van der Waals surface area contributed by atoms with Crippen molar-refractivity contribution >= 4 is 27.5 Å². The first-order valence-corrected chi connectivity index (χ1v) is 7.27. The Kier molecular flexibility index (Phi) is 7.58. The van der Waals surface area contributed by atoms with Crippen LogP contribution in [0.4, 0.5) is 5.69 Å². The summed E-state index contributed by atoms with van der Waals surface area (Å²) < 4.78 is 5.97. The van der Waals surface area contributed by atoms with Gasteiger partial charge in [0.1, 0.15) is 0 Å². The number of benzene rings is 1. The van der Waals surface area contributed by atoms with Gasteiger partial charge < -0.3 is 20.3 Å². The molecule has 0 heterocycles. The number of ether oxygens (including phenoxy) is 1. The molecular weight excluding hydrogens is 322 g/mol. The number of likely N-dealkylation sites (N-methyl/N-ethyl adjacent to an activating group) is 2. The normalized spacial score (nSPS) is 10.4. The zero-order valence-corrected chi connectivity index (χ0v) is 13.8. The Morgan fingerprint density at radius 1 is 1.45 bits per heavy atom. The minimum absolute atomic E-state index is 0.00953. The van der Waals surface area contributed by atoms with Crippen molar-refractivity contribution in [3.05, 3.63) is 28.2 Å². The molecule has 6 heteroatoms. The molecule has 0 saturated carbocycles. The van der Waals surface area contributed by atoms with Gasteiger partial charge >= 0.3 is 0 Å².